The zero-order valence-electron chi connectivity index (χ0n) is 32.7. The molecule has 0 saturated carbocycles. The number of nitrogens with one attached hydrogen (secondary N) is 2. The number of alkyl carbamates (subject to hydrolysis) is 1. The highest BCUT2D eigenvalue weighted by Crippen LogP contribution is 2.52. The molecule has 1 unspecified atom stereocenters. The number of amides is 3. The van der Waals surface area contributed by atoms with Crippen molar-refractivity contribution in [1.82, 2.24) is 15.5 Å². The summed E-state index contributed by atoms with van der Waals surface area (Å²) in [6.45, 7) is 0.205. The number of hydrogen-bond donors (Lipinski definition) is 7. The highest BCUT2D eigenvalue weighted by Gasteiger charge is 2.50. The number of rotatable bonds is 11. The Morgan fingerprint density at radius 1 is 0.983 bits per heavy atom. The van der Waals surface area contributed by atoms with Gasteiger partial charge in [-0.2, -0.15) is 0 Å². The second-order valence-corrected chi connectivity index (χ2v) is 15.3. The SMILES string of the molecule is COc1cccc2c1C(=O)c1c(O)c3c(c(O)c1C2=O)C[C@@](O)(C(=O)CO)C[C@@H]3O[C@H]1C[C@H](NC(=O)C2CCCN2C(=O)CNC(=O)OCc2ccccc2)[C@H](O)[C@H](C)O1. The number of Topliss-reactive ketones (excluding diaryl/α,β-unsaturated/α-hetero) is 1. The van der Waals surface area contributed by atoms with E-state index in [9.17, 15) is 54.3 Å². The minimum absolute atomic E-state index is 0.00195. The standard InChI is InChI=1S/C42H45N3O15/c1-20-35(49)24(44-40(54)25-11-7-13-45(25)29(48)17-43-41(55)58-19-21-8-4-3-5-9-21)14-30(59-20)60-27-16-42(56,28(47)18-46)15-23-32(27)39(53)34-33(37(23)51)36(50)22-10-6-12-26(57-2)31(22)38(34)52/h3-6,8-10,12,20,24-25,27,30,35,46,49,51,53,56H,7,11,13-19H2,1-2H3,(H,43,55)(H,44,54)/t20-,24-,25?,27-,30-,35+,42-/m0/s1. The molecule has 0 bridgehead atoms. The number of benzene rings is 3. The number of carbonyl (C=O) groups excluding carboxylic acids is 6. The molecule has 4 aliphatic rings. The van der Waals surface area contributed by atoms with Crippen LogP contribution >= 0.6 is 0 Å². The van der Waals surface area contributed by atoms with Crippen molar-refractivity contribution in [1.29, 1.82) is 0 Å². The van der Waals surface area contributed by atoms with Gasteiger partial charge < -0.3 is 60.0 Å². The van der Waals surface area contributed by atoms with Crippen molar-refractivity contribution in [2.45, 2.75) is 87.9 Å². The van der Waals surface area contributed by atoms with Crippen LogP contribution in [0.1, 0.15) is 87.2 Å². The third-order valence-corrected chi connectivity index (χ3v) is 11.6. The summed E-state index contributed by atoms with van der Waals surface area (Å²) in [5, 5.41) is 61.2. The van der Waals surface area contributed by atoms with E-state index in [0.717, 1.165) is 5.56 Å². The highest BCUT2D eigenvalue weighted by atomic mass is 16.7. The summed E-state index contributed by atoms with van der Waals surface area (Å²) in [7, 11) is 1.30. The van der Waals surface area contributed by atoms with Crippen molar-refractivity contribution in [3.8, 4) is 17.2 Å². The molecule has 18 nitrogen and oxygen atoms in total. The predicted octanol–water partition coefficient (Wildman–Crippen LogP) is 1.08. The van der Waals surface area contributed by atoms with Gasteiger partial charge in [0.25, 0.3) is 0 Å². The van der Waals surface area contributed by atoms with E-state index < -0.39 is 126 Å². The fourth-order valence-corrected chi connectivity index (χ4v) is 8.50. The molecule has 7 atom stereocenters. The second-order valence-electron chi connectivity index (χ2n) is 15.3. The normalized spacial score (nSPS) is 25.7. The molecule has 18 heteroatoms. The van der Waals surface area contributed by atoms with Gasteiger partial charge in [0.15, 0.2) is 17.9 Å². The maximum absolute atomic E-state index is 14.0. The fourth-order valence-electron chi connectivity index (χ4n) is 8.50. The molecule has 2 aliphatic carbocycles. The summed E-state index contributed by atoms with van der Waals surface area (Å²) in [4.78, 5) is 81.2. The van der Waals surface area contributed by atoms with Crippen LogP contribution < -0.4 is 15.4 Å². The van der Waals surface area contributed by atoms with Crippen LogP contribution in [-0.4, -0.2) is 129 Å². The van der Waals surface area contributed by atoms with Crippen molar-refractivity contribution < 1.29 is 73.2 Å². The number of ketones is 3. The number of ether oxygens (including phenoxy) is 4. The number of carbonyl (C=O) groups is 6. The molecule has 2 heterocycles. The Hall–Kier alpha value is -5.92. The van der Waals surface area contributed by atoms with Crippen LogP contribution in [0.25, 0.3) is 0 Å². The van der Waals surface area contributed by atoms with E-state index in [1.165, 1.54) is 37.1 Å². The van der Waals surface area contributed by atoms with Gasteiger partial charge >= 0.3 is 6.09 Å². The first kappa shape index (κ1) is 42.2. The van der Waals surface area contributed by atoms with Crippen LogP contribution in [-0.2, 0) is 41.6 Å². The molecule has 318 valence electrons. The quantitative estimate of drug-likeness (QED) is 0.104. The van der Waals surface area contributed by atoms with Gasteiger partial charge in [0.2, 0.25) is 17.6 Å². The largest absolute Gasteiger partial charge is 0.507 e. The monoisotopic (exact) mass is 831 g/mol. The number of phenolic OH excluding ortho intramolecular Hbond substituents is 2. The number of hydrogen-bond acceptors (Lipinski definition) is 15. The van der Waals surface area contributed by atoms with E-state index in [0.29, 0.717) is 12.8 Å². The minimum Gasteiger partial charge on any atom is -0.507 e. The predicted molar refractivity (Wildman–Crippen MR) is 205 cm³/mol. The number of aromatic hydroxyl groups is 2. The van der Waals surface area contributed by atoms with Crippen LogP contribution in [0.5, 0.6) is 17.2 Å². The van der Waals surface area contributed by atoms with E-state index in [4.69, 9.17) is 18.9 Å². The Bertz CT molecular complexity index is 2230. The first-order valence-electron chi connectivity index (χ1n) is 19.4. The molecule has 7 rings (SSSR count). The second kappa shape index (κ2) is 17.0. The number of methoxy groups -OCH3 is 1. The van der Waals surface area contributed by atoms with Gasteiger partial charge in [-0.25, -0.2) is 4.79 Å². The molecule has 3 aromatic carbocycles. The van der Waals surface area contributed by atoms with Crippen LogP contribution in [0.15, 0.2) is 48.5 Å². The van der Waals surface area contributed by atoms with Gasteiger partial charge in [-0.3, -0.25) is 24.0 Å². The summed E-state index contributed by atoms with van der Waals surface area (Å²) in [5.74, 6) is -5.34. The molecule has 0 radical (unpaired) electrons. The van der Waals surface area contributed by atoms with Gasteiger partial charge in [-0.1, -0.05) is 42.5 Å². The Kier molecular flexibility index (Phi) is 11.9. The molecular weight excluding hydrogens is 786 g/mol. The molecule has 0 spiro atoms. The molecule has 3 aromatic rings. The van der Waals surface area contributed by atoms with E-state index in [-0.39, 0.29) is 47.6 Å². The van der Waals surface area contributed by atoms with Crippen LogP contribution in [0.4, 0.5) is 4.79 Å². The van der Waals surface area contributed by atoms with Crippen molar-refractivity contribution >= 4 is 35.3 Å². The first-order chi connectivity index (χ1) is 28.7. The molecule has 2 aliphatic heterocycles. The molecule has 3 amide bonds. The summed E-state index contributed by atoms with van der Waals surface area (Å²) >= 11 is 0. The van der Waals surface area contributed by atoms with Gasteiger partial charge in [0, 0.05) is 42.5 Å². The zero-order valence-corrected chi connectivity index (χ0v) is 32.7. The Morgan fingerprint density at radius 2 is 1.72 bits per heavy atom. The lowest BCUT2D eigenvalue weighted by Crippen LogP contribution is -2.58. The fraction of sp³-hybridized carbons (Fsp3) is 0.429. The topological polar surface area (TPSA) is 268 Å². The average Bonchev–Trinajstić information content (AvgIpc) is 3.74. The smallest absolute Gasteiger partial charge is 0.407 e. The van der Waals surface area contributed by atoms with Gasteiger partial charge in [0.05, 0.1) is 42.0 Å². The summed E-state index contributed by atoms with van der Waals surface area (Å²) in [6.07, 6.45) is -6.64. The number of aliphatic hydroxyl groups excluding tert-OH is 2. The molecule has 60 heavy (non-hydrogen) atoms. The van der Waals surface area contributed by atoms with Crippen molar-refractivity contribution in [2.75, 3.05) is 26.8 Å². The number of aliphatic hydroxyl groups is 3. The van der Waals surface area contributed by atoms with Crippen LogP contribution in [0.3, 0.4) is 0 Å². The van der Waals surface area contributed by atoms with E-state index in [1.54, 1.807) is 24.3 Å². The van der Waals surface area contributed by atoms with E-state index in [2.05, 4.69) is 10.6 Å². The van der Waals surface area contributed by atoms with Gasteiger partial charge in [-0.15, -0.1) is 0 Å². The Balaban J connectivity index is 1.09. The van der Waals surface area contributed by atoms with Crippen LogP contribution in [0, 0.1) is 0 Å². The number of likely N-dealkylation sites (tertiary alicyclic amines) is 1. The van der Waals surface area contributed by atoms with Gasteiger partial charge in [0.1, 0.15) is 54.8 Å². The zero-order chi connectivity index (χ0) is 43.0. The lowest BCUT2D eigenvalue weighted by Gasteiger charge is -2.43. The molecule has 2 fully saturated rings. The van der Waals surface area contributed by atoms with Crippen molar-refractivity contribution in [3.05, 3.63) is 87.5 Å². The lowest BCUT2D eigenvalue weighted by molar-refractivity contribution is -0.249. The van der Waals surface area contributed by atoms with Crippen LogP contribution in [0.2, 0.25) is 0 Å². The molecule has 2 saturated heterocycles. The summed E-state index contributed by atoms with van der Waals surface area (Å²) < 4.78 is 22.7. The minimum atomic E-state index is -2.38. The summed E-state index contributed by atoms with van der Waals surface area (Å²) in [6, 6.07) is 11.3. The molecular formula is C42H45N3O15. The molecule has 0 aromatic heterocycles. The van der Waals surface area contributed by atoms with Crippen molar-refractivity contribution in [3.63, 3.8) is 0 Å². The average molecular weight is 832 g/mol. The third-order valence-electron chi connectivity index (χ3n) is 11.6. The number of nitrogens with zero attached hydrogens (tertiary/aromatic N) is 1. The molecule has 7 N–H and O–H groups in total. The number of phenols is 2. The maximum Gasteiger partial charge on any atom is 0.407 e. The Morgan fingerprint density at radius 3 is 2.43 bits per heavy atom. The third kappa shape index (κ3) is 7.79. The van der Waals surface area contributed by atoms with E-state index in [1.807, 2.05) is 6.07 Å². The highest BCUT2D eigenvalue weighted by molar-refractivity contribution is 6.31. The van der Waals surface area contributed by atoms with E-state index >= 15 is 0 Å². The lowest BCUT2D eigenvalue weighted by atomic mass is 9.72. The maximum atomic E-state index is 14.0. The van der Waals surface area contributed by atoms with Gasteiger partial charge in [-0.05, 0) is 31.4 Å². The summed E-state index contributed by atoms with van der Waals surface area (Å²) in [5.41, 5.74) is -3.48. The number of fused-ring (bicyclic) bond motifs is 3. The van der Waals surface area contributed by atoms with Crippen molar-refractivity contribution in [2.24, 2.45) is 0 Å². The first-order valence-corrected chi connectivity index (χ1v) is 19.4. The Labute approximate surface area is 343 Å².